The van der Waals surface area contributed by atoms with Crippen LogP contribution >= 0.6 is 28.3 Å². The van der Waals surface area contributed by atoms with Gasteiger partial charge in [-0.3, -0.25) is 5.84 Å². The van der Waals surface area contributed by atoms with Crippen LogP contribution in [0, 0.1) is 0 Å². The maximum absolute atomic E-state index is 5.46. The number of halogens is 2. The number of nitrogen functional groups attached to an aromatic ring is 1. The van der Waals surface area contributed by atoms with E-state index in [0.29, 0.717) is 0 Å². The SMILES string of the molecule is Cl.NNc1ccccc1-c1ccc(Br)cc1. The normalized spacial score (nSPS) is 9.38. The van der Waals surface area contributed by atoms with Crippen LogP contribution in [0.25, 0.3) is 11.1 Å². The molecule has 0 aliphatic rings. The van der Waals surface area contributed by atoms with Crippen molar-refractivity contribution in [2.24, 2.45) is 5.84 Å². The second-order valence-corrected chi connectivity index (χ2v) is 4.11. The molecule has 0 saturated heterocycles. The van der Waals surface area contributed by atoms with Gasteiger partial charge in [0, 0.05) is 10.0 Å². The average molecular weight is 300 g/mol. The summed E-state index contributed by atoms with van der Waals surface area (Å²) in [6.07, 6.45) is 0. The number of benzene rings is 2. The Morgan fingerprint density at radius 1 is 0.938 bits per heavy atom. The number of hydrogen-bond donors (Lipinski definition) is 2. The third-order valence-electron chi connectivity index (χ3n) is 2.24. The molecular weight excluding hydrogens is 288 g/mol. The standard InChI is InChI=1S/C12H11BrN2.ClH/c13-10-7-5-9(6-8-10)11-3-1-2-4-12(11)15-14;/h1-8,15H,14H2;1H. The highest BCUT2D eigenvalue weighted by atomic mass is 79.9. The molecule has 0 spiro atoms. The Morgan fingerprint density at radius 3 is 2.19 bits per heavy atom. The predicted molar refractivity (Wildman–Crippen MR) is 74.6 cm³/mol. The Hall–Kier alpha value is -1.03. The second kappa shape index (κ2) is 5.89. The third-order valence-corrected chi connectivity index (χ3v) is 2.77. The molecule has 2 aromatic carbocycles. The van der Waals surface area contributed by atoms with Crippen molar-refractivity contribution < 1.29 is 0 Å². The molecule has 0 fully saturated rings. The molecule has 84 valence electrons. The van der Waals surface area contributed by atoms with E-state index >= 15 is 0 Å². The minimum Gasteiger partial charge on any atom is -0.324 e. The minimum atomic E-state index is 0. The highest BCUT2D eigenvalue weighted by Gasteiger charge is 2.02. The molecule has 4 heteroatoms. The molecule has 0 aliphatic heterocycles. The number of hydrazine groups is 1. The Balaban J connectivity index is 0.00000128. The molecule has 0 aromatic heterocycles. The van der Waals surface area contributed by atoms with Crippen molar-refractivity contribution in [1.29, 1.82) is 0 Å². The van der Waals surface area contributed by atoms with Gasteiger partial charge in [0.15, 0.2) is 0 Å². The summed E-state index contributed by atoms with van der Waals surface area (Å²) in [5.41, 5.74) is 5.88. The van der Waals surface area contributed by atoms with E-state index in [1.165, 1.54) is 0 Å². The van der Waals surface area contributed by atoms with Crippen LogP contribution in [0.1, 0.15) is 0 Å². The van der Waals surface area contributed by atoms with Gasteiger partial charge in [-0.1, -0.05) is 46.3 Å². The minimum absolute atomic E-state index is 0. The highest BCUT2D eigenvalue weighted by molar-refractivity contribution is 9.10. The number of anilines is 1. The van der Waals surface area contributed by atoms with Crippen LogP contribution in [0.3, 0.4) is 0 Å². The maximum Gasteiger partial charge on any atom is 0.0563 e. The lowest BCUT2D eigenvalue weighted by atomic mass is 10.0. The molecule has 0 bridgehead atoms. The average Bonchev–Trinajstić information content (AvgIpc) is 2.30. The molecule has 3 N–H and O–H groups in total. The van der Waals surface area contributed by atoms with Gasteiger partial charge in [0.1, 0.15) is 0 Å². The second-order valence-electron chi connectivity index (χ2n) is 3.20. The highest BCUT2D eigenvalue weighted by Crippen LogP contribution is 2.27. The van der Waals surface area contributed by atoms with Gasteiger partial charge >= 0.3 is 0 Å². The van der Waals surface area contributed by atoms with Crippen molar-refractivity contribution in [2.45, 2.75) is 0 Å². The number of para-hydroxylation sites is 1. The van der Waals surface area contributed by atoms with Gasteiger partial charge in [-0.25, -0.2) is 0 Å². The molecule has 0 amide bonds. The summed E-state index contributed by atoms with van der Waals surface area (Å²) >= 11 is 3.41. The van der Waals surface area contributed by atoms with E-state index in [1.54, 1.807) is 0 Å². The summed E-state index contributed by atoms with van der Waals surface area (Å²) in [6, 6.07) is 16.1. The molecule has 2 nitrogen and oxygen atoms in total. The molecule has 16 heavy (non-hydrogen) atoms. The molecule has 0 unspecified atom stereocenters. The van der Waals surface area contributed by atoms with Crippen molar-refractivity contribution in [2.75, 3.05) is 5.43 Å². The lowest BCUT2D eigenvalue weighted by molar-refractivity contribution is 1.35. The predicted octanol–water partition coefficient (Wildman–Crippen LogP) is 3.82. The Bertz CT molecular complexity index is 457. The fraction of sp³-hybridized carbons (Fsp3) is 0. The first kappa shape index (κ1) is 13.0. The lowest BCUT2D eigenvalue weighted by Crippen LogP contribution is -2.07. The molecule has 0 heterocycles. The van der Waals surface area contributed by atoms with Crippen LogP contribution < -0.4 is 11.3 Å². The van der Waals surface area contributed by atoms with Crippen LogP contribution in [0.5, 0.6) is 0 Å². The van der Waals surface area contributed by atoms with E-state index in [0.717, 1.165) is 21.3 Å². The monoisotopic (exact) mass is 298 g/mol. The van der Waals surface area contributed by atoms with E-state index in [4.69, 9.17) is 5.84 Å². The third kappa shape index (κ3) is 2.76. The summed E-state index contributed by atoms with van der Waals surface area (Å²) in [5, 5.41) is 0. The van der Waals surface area contributed by atoms with Crippen LogP contribution in [-0.4, -0.2) is 0 Å². The largest absolute Gasteiger partial charge is 0.324 e. The summed E-state index contributed by atoms with van der Waals surface area (Å²) in [4.78, 5) is 0. The van der Waals surface area contributed by atoms with E-state index < -0.39 is 0 Å². The summed E-state index contributed by atoms with van der Waals surface area (Å²) < 4.78 is 1.07. The Labute approximate surface area is 109 Å². The molecule has 2 rings (SSSR count). The summed E-state index contributed by atoms with van der Waals surface area (Å²) in [6.45, 7) is 0. The van der Waals surface area contributed by atoms with Crippen LogP contribution in [-0.2, 0) is 0 Å². The zero-order valence-corrected chi connectivity index (χ0v) is 10.9. The number of nitrogens with two attached hydrogens (primary N) is 1. The van der Waals surface area contributed by atoms with Gasteiger partial charge in [-0.05, 0) is 23.8 Å². The topological polar surface area (TPSA) is 38.0 Å². The van der Waals surface area contributed by atoms with Gasteiger partial charge < -0.3 is 5.43 Å². The summed E-state index contributed by atoms with van der Waals surface area (Å²) in [7, 11) is 0. The van der Waals surface area contributed by atoms with Crippen LogP contribution in [0.4, 0.5) is 5.69 Å². The zero-order valence-electron chi connectivity index (χ0n) is 8.48. The fourth-order valence-electron chi connectivity index (χ4n) is 1.49. The van der Waals surface area contributed by atoms with Crippen LogP contribution in [0.15, 0.2) is 53.0 Å². The maximum atomic E-state index is 5.46. The quantitative estimate of drug-likeness (QED) is 0.653. The summed E-state index contributed by atoms with van der Waals surface area (Å²) in [5.74, 6) is 5.46. The first-order chi connectivity index (χ1) is 7.31. The first-order valence-corrected chi connectivity index (χ1v) is 5.42. The van der Waals surface area contributed by atoms with Gasteiger partial charge in [0.05, 0.1) is 5.69 Å². The molecule has 0 saturated carbocycles. The smallest absolute Gasteiger partial charge is 0.0563 e. The Morgan fingerprint density at radius 2 is 1.56 bits per heavy atom. The van der Waals surface area contributed by atoms with Crippen molar-refractivity contribution in [3.63, 3.8) is 0 Å². The van der Waals surface area contributed by atoms with E-state index in [2.05, 4.69) is 33.5 Å². The molecule has 0 radical (unpaired) electrons. The molecular formula is C12H12BrClN2. The van der Waals surface area contributed by atoms with E-state index in [-0.39, 0.29) is 12.4 Å². The van der Waals surface area contributed by atoms with Gasteiger partial charge in [0.25, 0.3) is 0 Å². The van der Waals surface area contributed by atoms with Crippen LogP contribution in [0.2, 0.25) is 0 Å². The van der Waals surface area contributed by atoms with Gasteiger partial charge in [0.2, 0.25) is 0 Å². The van der Waals surface area contributed by atoms with Crippen molar-refractivity contribution in [1.82, 2.24) is 0 Å². The Kier molecular flexibility index (Phi) is 4.80. The van der Waals surface area contributed by atoms with E-state index in [1.807, 2.05) is 36.4 Å². The van der Waals surface area contributed by atoms with Gasteiger partial charge in [-0.15, -0.1) is 12.4 Å². The number of rotatable bonds is 2. The van der Waals surface area contributed by atoms with Crippen molar-refractivity contribution >= 4 is 34.0 Å². The first-order valence-electron chi connectivity index (χ1n) is 4.63. The van der Waals surface area contributed by atoms with E-state index in [9.17, 15) is 0 Å². The number of nitrogens with one attached hydrogen (secondary N) is 1. The fourth-order valence-corrected chi connectivity index (χ4v) is 1.75. The zero-order chi connectivity index (χ0) is 10.7. The lowest BCUT2D eigenvalue weighted by Gasteiger charge is -2.08. The van der Waals surface area contributed by atoms with Gasteiger partial charge in [-0.2, -0.15) is 0 Å². The molecule has 2 aromatic rings. The number of hydrogen-bond acceptors (Lipinski definition) is 2. The van der Waals surface area contributed by atoms with Crippen molar-refractivity contribution in [3.05, 3.63) is 53.0 Å². The molecule has 0 aliphatic carbocycles. The molecule has 0 atom stereocenters. The van der Waals surface area contributed by atoms with Crippen molar-refractivity contribution in [3.8, 4) is 11.1 Å².